The number of thiazole rings is 1. The summed E-state index contributed by atoms with van der Waals surface area (Å²) in [6.07, 6.45) is -0.502. The molecule has 7 aromatic rings. The van der Waals surface area contributed by atoms with Crippen LogP contribution in [0.3, 0.4) is 0 Å². The van der Waals surface area contributed by atoms with Crippen LogP contribution in [0.5, 0.6) is 17.2 Å². The SMILES string of the molecule is COC(=O)C(Cc1ccc(-c2ccc(C#N)cc2)cc1)NC(=O)[C@@H]1Cc2cc3c(cc2CN1S(=O)(=O)c1ccc(-c2csc(NC(C)=O)n2)cc1)O[C@@H](c1ccc(OCc2ccc(Cl)c(Cl)c2)cc1)CO3. The predicted octanol–water partition coefficient (Wildman–Crippen LogP) is 9.72. The lowest BCUT2D eigenvalue weighted by Crippen LogP contribution is -2.56. The molecule has 2 aliphatic rings. The van der Waals surface area contributed by atoms with E-state index in [9.17, 15) is 28.1 Å². The van der Waals surface area contributed by atoms with Crippen LogP contribution >= 0.6 is 34.5 Å². The average molecular weight is 1030 g/mol. The Morgan fingerprint density at radius 1 is 0.859 bits per heavy atom. The first-order chi connectivity index (χ1) is 34.2. The van der Waals surface area contributed by atoms with Gasteiger partial charge in [-0.15, -0.1) is 11.3 Å². The van der Waals surface area contributed by atoms with Gasteiger partial charge in [0.25, 0.3) is 0 Å². The Morgan fingerprint density at radius 2 is 1.54 bits per heavy atom. The molecular formula is C53H43Cl2N5O9S2. The number of aromatic nitrogens is 1. The van der Waals surface area contributed by atoms with Gasteiger partial charge in [-0.3, -0.25) is 9.59 Å². The molecule has 1 unspecified atom stereocenters. The molecule has 0 bridgehead atoms. The van der Waals surface area contributed by atoms with E-state index < -0.39 is 40.1 Å². The number of ether oxygens (including phenoxy) is 4. The lowest BCUT2D eigenvalue weighted by molar-refractivity contribution is -0.145. The molecule has 0 saturated carbocycles. The molecule has 1 aromatic heterocycles. The van der Waals surface area contributed by atoms with Crippen molar-refractivity contribution in [1.82, 2.24) is 14.6 Å². The minimum atomic E-state index is -4.40. The van der Waals surface area contributed by atoms with Crippen molar-refractivity contribution in [2.24, 2.45) is 0 Å². The van der Waals surface area contributed by atoms with E-state index in [1.54, 1.807) is 53.9 Å². The van der Waals surface area contributed by atoms with Gasteiger partial charge in [0.2, 0.25) is 21.8 Å². The van der Waals surface area contributed by atoms with E-state index in [-0.39, 0.29) is 43.4 Å². The molecule has 0 radical (unpaired) electrons. The second-order valence-electron chi connectivity index (χ2n) is 16.8. The number of amides is 2. The molecule has 3 heterocycles. The summed E-state index contributed by atoms with van der Waals surface area (Å²) in [7, 11) is -3.18. The molecule has 2 aliphatic heterocycles. The number of halogens is 2. The fourth-order valence-electron chi connectivity index (χ4n) is 8.30. The number of anilines is 1. The lowest BCUT2D eigenvalue weighted by Gasteiger charge is -2.37. The van der Waals surface area contributed by atoms with Crippen molar-refractivity contribution < 1.29 is 41.7 Å². The lowest BCUT2D eigenvalue weighted by atomic mass is 9.93. The number of methoxy groups -OCH3 is 1. The zero-order valence-electron chi connectivity index (χ0n) is 38.1. The molecule has 360 valence electrons. The van der Waals surface area contributed by atoms with Gasteiger partial charge in [0, 0.05) is 30.8 Å². The highest BCUT2D eigenvalue weighted by molar-refractivity contribution is 7.89. The first kappa shape index (κ1) is 48.8. The number of fused-ring (bicyclic) bond motifs is 2. The van der Waals surface area contributed by atoms with Crippen LogP contribution in [0.4, 0.5) is 5.13 Å². The molecular weight excluding hydrogens is 986 g/mol. The van der Waals surface area contributed by atoms with E-state index in [4.69, 9.17) is 42.1 Å². The van der Waals surface area contributed by atoms with Gasteiger partial charge >= 0.3 is 5.97 Å². The number of hydrogen-bond donors (Lipinski definition) is 2. The Bertz CT molecular complexity index is 3290. The molecule has 3 atom stereocenters. The summed E-state index contributed by atoms with van der Waals surface area (Å²) in [5.74, 6) is -0.203. The summed E-state index contributed by atoms with van der Waals surface area (Å²) < 4.78 is 54.7. The molecule has 14 nitrogen and oxygen atoms in total. The fraction of sp³-hybridized carbons (Fsp3) is 0.189. The molecule has 9 rings (SSSR count). The Balaban J connectivity index is 0.966. The minimum absolute atomic E-state index is 0.0538. The second kappa shape index (κ2) is 21.0. The Labute approximate surface area is 423 Å². The van der Waals surface area contributed by atoms with Crippen LogP contribution in [0.1, 0.15) is 46.4 Å². The van der Waals surface area contributed by atoms with Crippen molar-refractivity contribution in [2.75, 3.05) is 19.0 Å². The second-order valence-corrected chi connectivity index (χ2v) is 20.3. The van der Waals surface area contributed by atoms with E-state index in [0.717, 1.165) is 26.6 Å². The van der Waals surface area contributed by atoms with E-state index in [0.29, 0.717) is 65.9 Å². The highest BCUT2D eigenvalue weighted by atomic mass is 35.5. The van der Waals surface area contributed by atoms with Crippen molar-refractivity contribution in [3.63, 3.8) is 0 Å². The molecule has 2 N–H and O–H groups in total. The van der Waals surface area contributed by atoms with Crippen molar-refractivity contribution in [1.29, 1.82) is 5.26 Å². The Morgan fingerprint density at radius 3 is 2.21 bits per heavy atom. The number of nitrogens with zero attached hydrogens (tertiary/aromatic N) is 3. The summed E-state index contributed by atoms with van der Waals surface area (Å²) in [5, 5.41) is 17.7. The average Bonchev–Trinajstić information content (AvgIpc) is 3.85. The number of esters is 1. The monoisotopic (exact) mass is 1030 g/mol. The van der Waals surface area contributed by atoms with Gasteiger partial charge in [0.15, 0.2) is 22.7 Å². The van der Waals surface area contributed by atoms with E-state index >= 15 is 0 Å². The molecule has 0 aliphatic carbocycles. The molecule has 6 aromatic carbocycles. The topological polar surface area (TPSA) is 186 Å². The Hall–Kier alpha value is -7.26. The Kier molecular flexibility index (Phi) is 14.4. The summed E-state index contributed by atoms with van der Waals surface area (Å²) >= 11 is 13.5. The number of carbonyl (C=O) groups is 3. The van der Waals surface area contributed by atoms with Crippen LogP contribution in [0, 0.1) is 11.3 Å². The quantitative estimate of drug-likeness (QED) is 0.0988. The molecule has 18 heteroatoms. The van der Waals surface area contributed by atoms with Crippen LogP contribution in [0.2, 0.25) is 10.0 Å². The number of nitriles is 1. The van der Waals surface area contributed by atoms with Gasteiger partial charge in [-0.2, -0.15) is 9.57 Å². The number of sulfonamides is 1. The maximum absolute atomic E-state index is 14.8. The summed E-state index contributed by atoms with van der Waals surface area (Å²) in [6, 6.07) is 36.6. The minimum Gasteiger partial charge on any atom is -0.489 e. The maximum atomic E-state index is 14.8. The molecule has 0 saturated heterocycles. The normalized spacial score (nSPS) is 15.6. The van der Waals surface area contributed by atoms with Crippen molar-refractivity contribution >= 4 is 67.5 Å². The van der Waals surface area contributed by atoms with Gasteiger partial charge in [0.05, 0.1) is 39.4 Å². The van der Waals surface area contributed by atoms with Crippen LogP contribution in [-0.2, 0) is 55.1 Å². The van der Waals surface area contributed by atoms with Gasteiger partial charge in [-0.05, 0) is 106 Å². The van der Waals surface area contributed by atoms with Crippen LogP contribution in [0.15, 0.2) is 138 Å². The van der Waals surface area contributed by atoms with E-state index in [1.807, 2.05) is 66.7 Å². The van der Waals surface area contributed by atoms with E-state index in [1.165, 1.54) is 37.5 Å². The molecule has 71 heavy (non-hydrogen) atoms. The number of rotatable bonds is 14. The number of benzene rings is 6. The smallest absolute Gasteiger partial charge is 0.328 e. The summed E-state index contributed by atoms with van der Waals surface area (Å²) in [6.45, 7) is 1.64. The number of hydrogen-bond acceptors (Lipinski definition) is 12. The highest BCUT2D eigenvalue weighted by Crippen LogP contribution is 2.42. The van der Waals surface area contributed by atoms with Crippen LogP contribution < -0.4 is 24.8 Å². The number of carbonyl (C=O) groups excluding carboxylic acids is 3. The van der Waals surface area contributed by atoms with Gasteiger partial charge in [0.1, 0.15) is 31.0 Å². The van der Waals surface area contributed by atoms with E-state index in [2.05, 4.69) is 21.7 Å². The highest BCUT2D eigenvalue weighted by Gasteiger charge is 2.42. The third-order valence-electron chi connectivity index (χ3n) is 12.0. The fourth-order valence-corrected chi connectivity index (χ4v) is 11.0. The summed E-state index contributed by atoms with van der Waals surface area (Å²) in [5.41, 5.74) is 7.15. The van der Waals surface area contributed by atoms with Gasteiger partial charge in [-0.1, -0.05) is 89.9 Å². The van der Waals surface area contributed by atoms with Crippen molar-refractivity contribution in [3.05, 3.63) is 176 Å². The maximum Gasteiger partial charge on any atom is 0.328 e. The largest absolute Gasteiger partial charge is 0.489 e. The molecule has 0 spiro atoms. The standard InChI is InChI=1S/C53H43Cl2N5O9S2/c1-31(61)57-53-59-46(30-70-53)37-14-18-42(19-15-37)71(64,65)60-27-40-25-49-48(68-29-50(69-49)38-12-16-41(17-13-38)67-28-34-7-20-43(54)44(55)21-34)24-39(40)23-47(60)51(62)58-45(52(63)66-2)22-32-3-8-35(9-4-32)36-10-5-33(26-56)6-11-36/h3-21,24-25,30,45,47,50H,22-23,27-29H2,1-2H3,(H,58,62)(H,57,59,61)/t45?,47-,50+/m0/s1. The predicted molar refractivity (Wildman–Crippen MR) is 269 cm³/mol. The zero-order valence-corrected chi connectivity index (χ0v) is 41.2. The van der Waals surface area contributed by atoms with Crippen LogP contribution in [0.25, 0.3) is 22.4 Å². The van der Waals surface area contributed by atoms with Gasteiger partial charge in [-0.25, -0.2) is 18.2 Å². The van der Waals surface area contributed by atoms with Crippen molar-refractivity contribution in [2.45, 2.75) is 56.0 Å². The number of nitrogens with one attached hydrogen (secondary N) is 2. The first-order valence-corrected chi connectivity index (χ1v) is 25.3. The summed E-state index contributed by atoms with van der Waals surface area (Å²) in [4.78, 5) is 43.9. The third-order valence-corrected chi connectivity index (χ3v) is 15.4. The molecule has 2 amide bonds. The van der Waals surface area contributed by atoms with Gasteiger partial charge < -0.3 is 29.6 Å². The van der Waals surface area contributed by atoms with Crippen molar-refractivity contribution in [3.8, 4) is 45.7 Å². The zero-order chi connectivity index (χ0) is 49.8. The third kappa shape index (κ3) is 11.0. The van der Waals surface area contributed by atoms with Crippen LogP contribution in [-0.4, -0.2) is 61.3 Å². The molecule has 0 fully saturated rings. The first-order valence-electron chi connectivity index (χ1n) is 22.2.